The van der Waals surface area contributed by atoms with Crippen LogP contribution in [0.5, 0.6) is 17.2 Å². The van der Waals surface area contributed by atoms with E-state index in [1.807, 2.05) is 25.1 Å². The summed E-state index contributed by atoms with van der Waals surface area (Å²) in [5, 5.41) is 0. The third-order valence-corrected chi connectivity index (χ3v) is 3.34. The van der Waals surface area contributed by atoms with Gasteiger partial charge >= 0.3 is 0 Å². The van der Waals surface area contributed by atoms with Crippen LogP contribution in [0.25, 0.3) is 0 Å². The average molecular weight is 286 g/mol. The van der Waals surface area contributed by atoms with Gasteiger partial charge in [-0.05, 0) is 18.6 Å². The molecule has 21 heavy (non-hydrogen) atoms. The molecule has 0 saturated heterocycles. The number of carbonyl (C=O) groups excluding carboxylic acids is 1. The minimum absolute atomic E-state index is 0.106. The van der Waals surface area contributed by atoms with Crippen molar-refractivity contribution in [3.8, 4) is 17.2 Å². The molecule has 4 nitrogen and oxygen atoms in total. The van der Waals surface area contributed by atoms with Gasteiger partial charge < -0.3 is 14.2 Å². The second-order valence-corrected chi connectivity index (χ2v) is 4.55. The molecule has 0 N–H and O–H groups in total. The van der Waals surface area contributed by atoms with E-state index in [1.165, 1.54) is 14.2 Å². The fourth-order valence-electron chi connectivity index (χ4n) is 2.18. The molecule has 0 atom stereocenters. The topological polar surface area (TPSA) is 44.8 Å². The zero-order valence-corrected chi connectivity index (χ0v) is 12.6. The summed E-state index contributed by atoms with van der Waals surface area (Å²) in [7, 11) is 4.60. The maximum Gasteiger partial charge on any atom is 0.197 e. The molecule has 0 unspecified atom stereocenters. The Morgan fingerprint density at radius 2 is 1.38 bits per heavy atom. The van der Waals surface area contributed by atoms with E-state index in [0.717, 1.165) is 5.56 Å². The Morgan fingerprint density at radius 3 is 1.95 bits per heavy atom. The molecule has 0 saturated carbocycles. The van der Waals surface area contributed by atoms with E-state index in [1.54, 1.807) is 25.3 Å². The minimum atomic E-state index is -0.106. The molecular weight excluding hydrogens is 268 g/mol. The predicted molar refractivity (Wildman–Crippen MR) is 80.7 cm³/mol. The van der Waals surface area contributed by atoms with E-state index in [4.69, 9.17) is 14.2 Å². The van der Waals surface area contributed by atoms with Crippen molar-refractivity contribution in [2.24, 2.45) is 0 Å². The van der Waals surface area contributed by atoms with Crippen molar-refractivity contribution in [2.45, 2.75) is 6.92 Å². The van der Waals surface area contributed by atoms with Crippen LogP contribution >= 0.6 is 0 Å². The van der Waals surface area contributed by atoms with Gasteiger partial charge in [-0.3, -0.25) is 4.79 Å². The highest BCUT2D eigenvalue weighted by Crippen LogP contribution is 2.35. The molecule has 0 spiro atoms. The zero-order valence-electron chi connectivity index (χ0n) is 12.6. The van der Waals surface area contributed by atoms with Crippen LogP contribution in [0.15, 0.2) is 36.4 Å². The number of benzene rings is 2. The first kappa shape index (κ1) is 14.9. The van der Waals surface area contributed by atoms with Crippen molar-refractivity contribution in [1.29, 1.82) is 0 Å². The standard InChI is InChI=1S/C17H18O4/c1-11-7-5-6-8-12(11)17(18)13-9-15(20-3)16(21-4)10-14(13)19-2/h5-10H,1-4H3. The zero-order chi connectivity index (χ0) is 15.4. The summed E-state index contributed by atoms with van der Waals surface area (Å²) in [5.41, 5.74) is 2.01. The SMILES string of the molecule is COc1cc(OC)c(C(=O)c2ccccc2C)cc1OC. The summed E-state index contributed by atoms with van der Waals surface area (Å²) in [4.78, 5) is 12.7. The van der Waals surface area contributed by atoms with Gasteiger partial charge in [0.15, 0.2) is 17.3 Å². The molecule has 0 aliphatic rings. The third kappa shape index (κ3) is 2.84. The van der Waals surface area contributed by atoms with Gasteiger partial charge in [-0.25, -0.2) is 0 Å². The first-order chi connectivity index (χ1) is 10.1. The Balaban J connectivity index is 2.57. The maximum atomic E-state index is 12.7. The molecule has 0 amide bonds. The van der Waals surface area contributed by atoms with E-state index in [2.05, 4.69) is 0 Å². The fourth-order valence-corrected chi connectivity index (χ4v) is 2.18. The van der Waals surface area contributed by atoms with Gasteiger partial charge in [0.05, 0.1) is 26.9 Å². The highest BCUT2D eigenvalue weighted by Gasteiger charge is 2.19. The summed E-state index contributed by atoms with van der Waals surface area (Å²) in [6, 6.07) is 10.7. The van der Waals surface area contributed by atoms with E-state index in [0.29, 0.717) is 28.4 Å². The maximum absolute atomic E-state index is 12.7. The number of ketones is 1. The summed E-state index contributed by atoms with van der Waals surface area (Å²) in [6.07, 6.45) is 0. The Kier molecular flexibility index (Phi) is 4.48. The van der Waals surface area contributed by atoms with Gasteiger partial charge in [0.2, 0.25) is 0 Å². The van der Waals surface area contributed by atoms with Crippen LogP contribution in [0.1, 0.15) is 21.5 Å². The number of methoxy groups -OCH3 is 3. The average Bonchev–Trinajstić information content (AvgIpc) is 2.53. The smallest absolute Gasteiger partial charge is 0.197 e. The largest absolute Gasteiger partial charge is 0.496 e. The number of rotatable bonds is 5. The van der Waals surface area contributed by atoms with Gasteiger partial charge in [-0.1, -0.05) is 24.3 Å². The first-order valence-corrected chi connectivity index (χ1v) is 6.52. The fraction of sp³-hybridized carbons (Fsp3) is 0.235. The molecule has 0 aromatic heterocycles. The van der Waals surface area contributed by atoms with E-state index in [-0.39, 0.29) is 5.78 Å². The molecule has 0 fully saturated rings. The van der Waals surface area contributed by atoms with Crippen LogP contribution in [0.3, 0.4) is 0 Å². The normalized spacial score (nSPS) is 10.1. The van der Waals surface area contributed by atoms with Gasteiger partial charge in [0.1, 0.15) is 5.75 Å². The van der Waals surface area contributed by atoms with Crippen LogP contribution in [0, 0.1) is 6.92 Å². The molecular formula is C17H18O4. The summed E-state index contributed by atoms with van der Waals surface area (Å²) >= 11 is 0. The summed E-state index contributed by atoms with van der Waals surface area (Å²) < 4.78 is 15.8. The van der Waals surface area contributed by atoms with E-state index < -0.39 is 0 Å². The number of aryl methyl sites for hydroxylation is 1. The van der Waals surface area contributed by atoms with Crippen LogP contribution < -0.4 is 14.2 Å². The lowest BCUT2D eigenvalue weighted by Crippen LogP contribution is -2.07. The minimum Gasteiger partial charge on any atom is -0.496 e. The first-order valence-electron chi connectivity index (χ1n) is 6.52. The quantitative estimate of drug-likeness (QED) is 0.791. The molecule has 2 aromatic rings. The van der Waals surface area contributed by atoms with Crippen molar-refractivity contribution in [3.63, 3.8) is 0 Å². The molecule has 2 aromatic carbocycles. The van der Waals surface area contributed by atoms with Crippen LogP contribution in [0.4, 0.5) is 0 Å². The lowest BCUT2D eigenvalue weighted by atomic mass is 9.98. The number of hydrogen-bond donors (Lipinski definition) is 0. The van der Waals surface area contributed by atoms with Crippen LogP contribution in [-0.4, -0.2) is 27.1 Å². The molecule has 0 radical (unpaired) electrons. The third-order valence-electron chi connectivity index (χ3n) is 3.34. The van der Waals surface area contributed by atoms with Gasteiger partial charge in [-0.2, -0.15) is 0 Å². The van der Waals surface area contributed by atoms with Crippen molar-refractivity contribution >= 4 is 5.78 Å². The Bertz CT molecular complexity index is 662. The van der Waals surface area contributed by atoms with Gasteiger partial charge in [0.25, 0.3) is 0 Å². The van der Waals surface area contributed by atoms with E-state index in [9.17, 15) is 4.79 Å². The number of carbonyl (C=O) groups is 1. The molecule has 4 heteroatoms. The van der Waals surface area contributed by atoms with Gasteiger partial charge in [0, 0.05) is 11.6 Å². The van der Waals surface area contributed by atoms with Crippen molar-refractivity contribution in [2.75, 3.05) is 21.3 Å². The Hall–Kier alpha value is -2.49. The molecule has 110 valence electrons. The molecule has 2 rings (SSSR count). The summed E-state index contributed by atoms with van der Waals surface area (Å²) in [5.74, 6) is 1.37. The van der Waals surface area contributed by atoms with E-state index >= 15 is 0 Å². The highest BCUT2D eigenvalue weighted by atomic mass is 16.5. The highest BCUT2D eigenvalue weighted by molar-refractivity contribution is 6.12. The molecule has 0 aliphatic carbocycles. The van der Waals surface area contributed by atoms with Crippen LogP contribution in [0.2, 0.25) is 0 Å². The van der Waals surface area contributed by atoms with Crippen molar-refractivity contribution in [3.05, 3.63) is 53.1 Å². The van der Waals surface area contributed by atoms with Gasteiger partial charge in [-0.15, -0.1) is 0 Å². The van der Waals surface area contributed by atoms with Crippen molar-refractivity contribution in [1.82, 2.24) is 0 Å². The predicted octanol–water partition coefficient (Wildman–Crippen LogP) is 3.25. The Labute approximate surface area is 124 Å². The monoisotopic (exact) mass is 286 g/mol. The number of hydrogen-bond acceptors (Lipinski definition) is 4. The lowest BCUT2D eigenvalue weighted by molar-refractivity contribution is 0.103. The van der Waals surface area contributed by atoms with Crippen LogP contribution in [-0.2, 0) is 0 Å². The lowest BCUT2D eigenvalue weighted by Gasteiger charge is -2.14. The number of ether oxygens (including phenoxy) is 3. The molecule has 0 heterocycles. The summed E-state index contributed by atoms with van der Waals surface area (Å²) in [6.45, 7) is 1.90. The Morgan fingerprint density at radius 1 is 0.810 bits per heavy atom. The molecule has 0 bridgehead atoms. The molecule has 0 aliphatic heterocycles. The second-order valence-electron chi connectivity index (χ2n) is 4.55. The van der Waals surface area contributed by atoms with Crippen molar-refractivity contribution < 1.29 is 19.0 Å². The second kappa shape index (κ2) is 6.31.